The largest absolute Gasteiger partial charge is 0.375 e. The SMILES string of the molecule is CCCNCc1cc(F)cc(N2CC(C)OCC2CC)c1. The fraction of sp³-hybridized carbons (Fsp3) is 0.647. The Hall–Kier alpha value is -1.13. The van der Waals surface area contributed by atoms with Gasteiger partial charge in [-0.05, 0) is 50.1 Å². The summed E-state index contributed by atoms with van der Waals surface area (Å²) in [5.74, 6) is -0.158. The summed E-state index contributed by atoms with van der Waals surface area (Å²) < 4.78 is 19.7. The molecule has 1 aromatic rings. The third-order valence-corrected chi connectivity index (χ3v) is 3.97. The molecule has 0 spiro atoms. The maximum absolute atomic E-state index is 13.9. The first-order chi connectivity index (χ1) is 10.1. The number of rotatable bonds is 6. The number of hydrogen-bond donors (Lipinski definition) is 1. The van der Waals surface area contributed by atoms with Gasteiger partial charge in [-0.2, -0.15) is 0 Å². The minimum Gasteiger partial charge on any atom is -0.375 e. The predicted molar refractivity (Wildman–Crippen MR) is 85.2 cm³/mol. The van der Waals surface area contributed by atoms with Crippen LogP contribution in [0.3, 0.4) is 0 Å². The highest BCUT2D eigenvalue weighted by Gasteiger charge is 2.26. The van der Waals surface area contributed by atoms with Gasteiger partial charge >= 0.3 is 0 Å². The first-order valence-corrected chi connectivity index (χ1v) is 8.02. The Labute approximate surface area is 127 Å². The molecule has 1 N–H and O–H groups in total. The highest BCUT2D eigenvalue weighted by Crippen LogP contribution is 2.25. The summed E-state index contributed by atoms with van der Waals surface area (Å²) in [5.41, 5.74) is 1.98. The van der Waals surface area contributed by atoms with Gasteiger partial charge < -0.3 is 15.0 Å². The number of halogens is 1. The van der Waals surface area contributed by atoms with Crippen molar-refractivity contribution in [3.63, 3.8) is 0 Å². The first-order valence-electron chi connectivity index (χ1n) is 8.02. The van der Waals surface area contributed by atoms with Crippen LogP contribution in [0.5, 0.6) is 0 Å². The van der Waals surface area contributed by atoms with Crippen LogP contribution in [-0.2, 0) is 11.3 Å². The molecule has 1 aliphatic rings. The summed E-state index contributed by atoms with van der Waals surface area (Å²) >= 11 is 0. The molecule has 1 heterocycles. The quantitative estimate of drug-likeness (QED) is 0.815. The molecule has 3 nitrogen and oxygen atoms in total. The van der Waals surface area contributed by atoms with Gasteiger partial charge in [0, 0.05) is 18.8 Å². The number of hydrogen-bond acceptors (Lipinski definition) is 3. The van der Waals surface area contributed by atoms with E-state index in [2.05, 4.69) is 37.1 Å². The standard InChI is InChI=1S/C17H27FN2O/c1-4-6-19-10-14-7-15(18)9-17(8-14)20-11-13(3)21-12-16(20)5-2/h7-9,13,16,19H,4-6,10-12H2,1-3H3. The number of benzene rings is 1. The Kier molecular flexibility index (Phi) is 6.00. The molecule has 1 aromatic carbocycles. The molecule has 0 aliphatic carbocycles. The van der Waals surface area contributed by atoms with E-state index in [9.17, 15) is 4.39 Å². The van der Waals surface area contributed by atoms with E-state index in [1.807, 2.05) is 0 Å². The average molecular weight is 294 g/mol. The zero-order valence-electron chi connectivity index (χ0n) is 13.4. The van der Waals surface area contributed by atoms with Crippen molar-refractivity contribution in [3.05, 3.63) is 29.6 Å². The van der Waals surface area contributed by atoms with Crippen molar-refractivity contribution in [1.82, 2.24) is 5.32 Å². The molecule has 0 radical (unpaired) electrons. The molecular weight excluding hydrogens is 267 g/mol. The van der Waals surface area contributed by atoms with E-state index < -0.39 is 0 Å². The molecule has 4 heteroatoms. The normalized spacial score (nSPS) is 22.6. The summed E-state index contributed by atoms with van der Waals surface area (Å²) in [4.78, 5) is 2.29. The van der Waals surface area contributed by atoms with Gasteiger partial charge in [0.05, 0.1) is 18.8 Å². The monoisotopic (exact) mass is 294 g/mol. The van der Waals surface area contributed by atoms with Crippen molar-refractivity contribution in [1.29, 1.82) is 0 Å². The molecule has 0 bridgehead atoms. The fourth-order valence-corrected chi connectivity index (χ4v) is 2.81. The van der Waals surface area contributed by atoms with Gasteiger partial charge in [0.25, 0.3) is 0 Å². The van der Waals surface area contributed by atoms with Crippen LogP contribution in [0.15, 0.2) is 18.2 Å². The first kappa shape index (κ1) is 16.2. The molecule has 118 valence electrons. The van der Waals surface area contributed by atoms with Crippen LogP contribution in [0, 0.1) is 5.82 Å². The number of nitrogens with zero attached hydrogens (tertiary/aromatic N) is 1. The second-order valence-electron chi connectivity index (χ2n) is 5.85. The number of nitrogens with one attached hydrogen (secondary N) is 1. The van der Waals surface area contributed by atoms with Gasteiger partial charge in [-0.1, -0.05) is 13.8 Å². The molecule has 2 unspecified atom stereocenters. The smallest absolute Gasteiger partial charge is 0.125 e. The molecule has 21 heavy (non-hydrogen) atoms. The lowest BCUT2D eigenvalue weighted by atomic mass is 10.1. The summed E-state index contributed by atoms with van der Waals surface area (Å²) in [6.45, 7) is 9.57. The molecule has 2 rings (SSSR count). The highest BCUT2D eigenvalue weighted by atomic mass is 19.1. The second-order valence-corrected chi connectivity index (χ2v) is 5.85. The second kappa shape index (κ2) is 7.76. The van der Waals surface area contributed by atoms with Crippen molar-refractivity contribution >= 4 is 5.69 Å². The van der Waals surface area contributed by atoms with E-state index in [4.69, 9.17) is 4.74 Å². The van der Waals surface area contributed by atoms with Crippen molar-refractivity contribution in [3.8, 4) is 0 Å². The lowest BCUT2D eigenvalue weighted by Crippen LogP contribution is -2.48. The average Bonchev–Trinajstić information content (AvgIpc) is 2.47. The van der Waals surface area contributed by atoms with Gasteiger partial charge in [0.2, 0.25) is 0 Å². The van der Waals surface area contributed by atoms with Crippen molar-refractivity contribution in [2.45, 2.75) is 52.3 Å². The maximum Gasteiger partial charge on any atom is 0.125 e. The van der Waals surface area contributed by atoms with Gasteiger partial charge in [0.1, 0.15) is 5.82 Å². The van der Waals surface area contributed by atoms with E-state index >= 15 is 0 Å². The molecule has 1 saturated heterocycles. The van der Waals surface area contributed by atoms with Crippen LogP contribution in [0.4, 0.5) is 10.1 Å². The molecule has 2 atom stereocenters. The topological polar surface area (TPSA) is 24.5 Å². The van der Waals surface area contributed by atoms with E-state index in [0.29, 0.717) is 6.04 Å². The summed E-state index contributed by atoms with van der Waals surface area (Å²) in [6.07, 6.45) is 2.28. The Bertz CT molecular complexity index is 452. The molecule has 1 fully saturated rings. The van der Waals surface area contributed by atoms with Gasteiger partial charge in [-0.3, -0.25) is 0 Å². The van der Waals surface area contributed by atoms with Gasteiger partial charge in [0.15, 0.2) is 0 Å². The molecular formula is C17H27FN2O. The third kappa shape index (κ3) is 4.42. The lowest BCUT2D eigenvalue weighted by Gasteiger charge is -2.40. The minimum atomic E-state index is -0.158. The molecule has 0 saturated carbocycles. The zero-order chi connectivity index (χ0) is 15.2. The summed E-state index contributed by atoms with van der Waals surface area (Å²) in [7, 11) is 0. The third-order valence-electron chi connectivity index (χ3n) is 3.97. The Morgan fingerprint density at radius 3 is 2.86 bits per heavy atom. The number of morpholine rings is 1. The lowest BCUT2D eigenvalue weighted by molar-refractivity contribution is 0.0299. The number of ether oxygens (including phenoxy) is 1. The number of anilines is 1. The summed E-state index contributed by atoms with van der Waals surface area (Å²) in [6, 6.07) is 5.70. The predicted octanol–water partition coefficient (Wildman–Crippen LogP) is 3.33. The van der Waals surface area contributed by atoms with Crippen molar-refractivity contribution in [2.75, 3.05) is 24.6 Å². The molecule has 1 aliphatic heterocycles. The van der Waals surface area contributed by atoms with E-state index in [0.717, 1.165) is 50.3 Å². The maximum atomic E-state index is 13.9. The zero-order valence-corrected chi connectivity index (χ0v) is 13.4. The molecule has 0 amide bonds. The van der Waals surface area contributed by atoms with Gasteiger partial charge in [-0.15, -0.1) is 0 Å². The van der Waals surface area contributed by atoms with Gasteiger partial charge in [-0.25, -0.2) is 4.39 Å². The van der Waals surface area contributed by atoms with Crippen molar-refractivity contribution in [2.24, 2.45) is 0 Å². The van der Waals surface area contributed by atoms with E-state index in [1.54, 1.807) is 12.1 Å². The minimum absolute atomic E-state index is 0.158. The van der Waals surface area contributed by atoms with E-state index in [1.165, 1.54) is 0 Å². The van der Waals surface area contributed by atoms with Crippen LogP contribution in [0.2, 0.25) is 0 Å². The van der Waals surface area contributed by atoms with Crippen LogP contribution in [0.1, 0.15) is 39.2 Å². The van der Waals surface area contributed by atoms with Crippen LogP contribution >= 0.6 is 0 Å². The van der Waals surface area contributed by atoms with Crippen LogP contribution < -0.4 is 10.2 Å². The Morgan fingerprint density at radius 2 is 2.14 bits per heavy atom. The summed E-state index contributed by atoms with van der Waals surface area (Å²) in [5, 5.41) is 3.33. The Balaban J connectivity index is 2.16. The van der Waals surface area contributed by atoms with Crippen LogP contribution in [-0.4, -0.2) is 31.8 Å². The molecule has 0 aromatic heterocycles. The van der Waals surface area contributed by atoms with Crippen molar-refractivity contribution < 1.29 is 9.13 Å². The highest BCUT2D eigenvalue weighted by molar-refractivity contribution is 5.50. The fourth-order valence-electron chi connectivity index (χ4n) is 2.81. The van der Waals surface area contributed by atoms with E-state index in [-0.39, 0.29) is 11.9 Å². The van der Waals surface area contributed by atoms with Crippen LogP contribution in [0.25, 0.3) is 0 Å². The Morgan fingerprint density at radius 1 is 1.33 bits per heavy atom.